The molecule has 2 heterocycles. The van der Waals surface area contributed by atoms with Crippen molar-refractivity contribution in [1.29, 1.82) is 0 Å². The summed E-state index contributed by atoms with van der Waals surface area (Å²) in [6.45, 7) is 9.76. The van der Waals surface area contributed by atoms with E-state index in [2.05, 4.69) is 114 Å². The predicted molar refractivity (Wildman–Crippen MR) is 177 cm³/mol. The topological polar surface area (TPSA) is 0 Å². The van der Waals surface area contributed by atoms with Crippen LogP contribution < -0.4 is 10.6 Å². The molecule has 0 N–H and O–H groups in total. The van der Waals surface area contributed by atoms with Crippen LogP contribution in [0.3, 0.4) is 0 Å². The van der Waals surface area contributed by atoms with Crippen molar-refractivity contribution in [1.82, 2.24) is 0 Å². The van der Waals surface area contributed by atoms with Crippen LogP contribution in [0.5, 0.6) is 0 Å². The summed E-state index contributed by atoms with van der Waals surface area (Å²) in [5.41, 5.74) is 3.71. The molecule has 237 valence electrons. The van der Waals surface area contributed by atoms with Crippen LogP contribution in [0.4, 0.5) is 17.3 Å². The molecule has 2 aromatic carbocycles. The number of rotatable bonds is 2. The van der Waals surface area contributed by atoms with E-state index in [1.807, 2.05) is 0 Å². The van der Waals surface area contributed by atoms with Gasteiger partial charge in [-0.1, -0.05) is 117 Å². The molecule has 0 amide bonds. The fourth-order valence-corrected chi connectivity index (χ4v) is 12.6. The van der Waals surface area contributed by atoms with Gasteiger partial charge in [-0.3, -0.25) is 0 Å². The Morgan fingerprint density at radius 1 is 0.500 bits per heavy atom. The molecule has 4 atom stereocenters. The maximum Gasteiger partial charge on any atom is 0.673 e. The first-order valence-electron chi connectivity index (χ1n) is 15.4. The molecule has 0 nitrogen and oxygen atoms in total. The molecule has 8 heteroatoms. The van der Waals surface area contributed by atoms with Gasteiger partial charge in [0, 0.05) is 19.5 Å². The fourth-order valence-electron chi connectivity index (χ4n) is 5.92. The van der Waals surface area contributed by atoms with Gasteiger partial charge in [0.1, 0.15) is 0 Å². The molecule has 0 aromatic heterocycles. The van der Waals surface area contributed by atoms with Crippen LogP contribution in [0.1, 0.15) is 91.9 Å². The van der Waals surface area contributed by atoms with Gasteiger partial charge in [0.05, 0.1) is 0 Å². The third-order valence-electron chi connectivity index (χ3n) is 7.83. The van der Waals surface area contributed by atoms with Gasteiger partial charge in [-0.2, -0.15) is 0 Å². The average molecular weight is 710 g/mol. The van der Waals surface area contributed by atoms with Crippen molar-refractivity contribution >= 4 is 33.7 Å². The molecule has 42 heavy (non-hydrogen) atoms. The molecular formula is C34H50BF4P2Rh-. The molecule has 3 aliphatic rings. The molecule has 2 saturated heterocycles. The summed E-state index contributed by atoms with van der Waals surface area (Å²) in [7, 11) is -5.78. The van der Waals surface area contributed by atoms with E-state index in [0.717, 1.165) is 22.6 Å². The first kappa shape index (κ1) is 39.7. The van der Waals surface area contributed by atoms with Gasteiger partial charge >= 0.3 is 7.25 Å². The summed E-state index contributed by atoms with van der Waals surface area (Å²) < 4.78 is 39.0. The van der Waals surface area contributed by atoms with Gasteiger partial charge in [0.15, 0.2) is 0 Å². The largest absolute Gasteiger partial charge is 0.673 e. The van der Waals surface area contributed by atoms with Crippen molar-refractivity contribution in [3.05, 3.63) is 86.3 Å². The summed E-state index contributed by atoms with van der Waals surface area (Å²) in [5, 5.41) is 3.23. The fraction of sp³-hybridized carbons (Fsp3) is 0.529. The standard InChI is InChI=1S/2C13H19P.C8H12.BF4.Rh/c2*1-11-7-6-8-12(2)14(11)13-9-4-3-5-10-13;1-2-4-6-8-7-5-3-1;2-1(3,4)5;/h2*3-5,9-12H,6-8H2,1-2H3;1-2,7-8H,3-6H2;;/q;;;-1;/t2*11-,12-;;;/m00.../s1. The SMILES string of the molecule is C[C@H]1CCC[C@H](C)P1c1ccccc1.C[C@H]1CCC[C@H](C)P1c1ccccc1.F[B-](F)(F)F.[CH]1[CH]CC[CH][CH]CC1.[Rh]. The molecule has 2 aliphatic heterocycles. The molecule has 0 bridgehead atoms. The zero-order valence-electron chi connectivity index (χ0n) is 25.8. The maximum atomic E-state index is 9.75. The third-order valence-corrected chi connectivity index (χ3v) is 14.4. The molecule has 5 rings (SSSR count). The Hall–Kier alpha value is -0.292. The minimum absolute atomic E-state index is 0. The predicted octanol–water partition coefficient (Wildman–Crippen LogP) is 11.2. The summed E-state index contributed by atoms with van der Waals surface area (Å²) in [4.78, 5) is 0. The van der Waals surface area contributed by atoms with Crippen LogP contribution in [0.2, 0.25) is 0 Å². The molecule has 0 unspecified atom stereocenters. The zero-order chi connectivity index (χ0) is 30.1. The van der Waals surface area contributed by atoms with Crippen LogP contribution >= 0.6 is 15.8 Å². The molecular weight excluding hydrogens is 660 g/mol. The molecule has 1 saturated carbocycles. The van der Waals surface area contributed by atoms with E-state index in [1.165, 1.54) is 64.2 Å². The summed E-state index contributed by atoms with van der Waals surface area (Å²) in [6.07, 6.45) is 22.6. The number of halogens is 4. The first-order valence-corrected chi connectivity index (χ1v) is 18.4. The molecule has 0 spiro atoms. The summed E-state index contributed by atoms with van der Waals surface area (Å²) in [6, 6.07) is 22.3. The molecule has 5 radical (unpaired) electrons. The second kappa shape index (κ2) is 22.3. The van der Waals surface area contributed by atoms with Crippen molar-refractivity contribution in [2.24, 2.45) is 0 Å². The van der Waals surface area contributed by atoms with Crippen molar-refractivity contribution in [2.45, 2.75) is 115 Å². The van der Waals surface area contributed by atoms with Crippen LogP contribution in [0.25, 0.3) is 0 Å². The third kappa shape index (κ3) is 16.7. The van der Waals surface area contributed by atoms with E-state index < -0.39 is 7.25 Å². The van der Waals surface area contributed by atoms with E-state index >= 15 is 0 Å². The molecule has 1 aliphatic carbocycles. The summed E-state index contributed by atoms with van der Waals surface area (Å²) in [5.74, 6) is 0. The van der Waals surface area contributed by atoms with E-state index in [1.54, 1.807) is 10.6 Å². The van der Waals surface area contributed by atoms with E-state index in [-0.39, 0.29) is 35.3 Å². The van der Waals surface area contributed by atoms with Crippen LogP contribution in [0.15, 0.2) is 60.7 Å². The minimum Gasteiger partial charge on any atom is -0.418 e. The first-order chi connectivity index (χ1) is 19.6. The smallest absolute Gasteiger partial charge is 0.418 e. The average Bonchev–Trinajstić information content (AvgIpc) is 2.89. The second-order valence-electron chi connectivity index (χ2n) is 11.3. The second-order valence-corrected chi connectivity index (χ2v) is 17.5. The number of benzene rings is 2. The Morgan fingerprint density at radius 2 is 0.738 bits per heavy atom. The maximum absolute atomic E-state index is 9.75. The minimum atomic E-state index is -6.00. The number of hydrogen-bond acceptors (Lipinski definition) is 0. The monoisotopic (exact) mass is 710 g/mol. The Kier molecular flexibility index (Phi) is 21.1. The Labute approximate surface area is 270 Å². The Balaban J connectivity index is 0.000000297. The molecule has 3 fully saturated rings. The van der Waals surface area contributed by atoms with Crippen molar-refractivity contribution in [3.63, 3.8) is 0 Å². The van der Waals surface area contributed by atoms with Gasteiger partial charge in [-0.05, 0) is 110 Å². The van der Waals surface area contributed by atoms with Gasteiger partial charge < -0.3 is 17.3 Å². The van der Waals surface area contributed by atoms with Crippen molar-refractivity contribution < 1.29 is 36.7 Å². The van der Waals surface area contributed by atoms with E-state index in [9.17, 15) is 17.3 Å². The van der Waals surface area contributed by atoms with E-state index in [4.69, 9.17) is 0 Å². The van der Waals surface area contributed by atoms with Gasteiger partial charge in [0.25, 0.3) is 0 Å². The van der Waals surface area contributed by atoms with Crippen molar-refractivity contribution in [3.8, 4) is 0 Å². The van der Waals surface area contributed by atoms with Crippen molar-refractivity contribution in [2.75, 3.05) is 0 Å². The number of hydrogen-bond donors (Lipinski definition) is 0. The van der Waals surface area contributed by atoms with Gasteiger partial charge in [-0.15, -0.1) is 0 Å². The normalized spacial score (nSPS) is 25.3. The van der Waals surface area contributed by atoms with Crippen LogP contribution in [0, 0.1) is 25.7 Å². The van der Waals surface area contributed by atoms with Crippen LogP contribution in [-0.4, -0.2) is 29.9 Å². The van der Waals surface area contributed by atoms with Gasteiger partial charge in [-0.25, -0.2) is 0 Å². The van der Waals surface area contributed by atoms with Gasteiger partial charge in [0.2, 0.25) is 0 Å². The Morgan fingerprint density at radius 3 is 0.976 bits per heavy atom. The summed E-state index contributed by atoms with van der Waals surface area (Å²) >= 11 is 0. The Bertz CT molecular complexity index is 807. The van der Waals surface area contributed by atoms with Crippen LogP contribution in [-0.2, 0) is 19.5 Å². The van der Waals surface area contributed by atoms with E-state index in [0.29, 0.717) is 0 Å². The quantitative estimate of drug-likeness (QED) is 0.165. The molecule has 2 aromatic rings. The zero-order valence-corrected chi connectivity index (χ0v) is 29.2.